The third kappa shape index (κ3) is 10.9. The SMILES string of the molecule is O=C(N[C@@H](CSCc1ccccc1)C(=O)N[C@@H](Cc1ccc(OCc2ccccc2)cc1)C(=O)O)OCc1ccccc1. The van der Waals surface area contributed by atoms with Gasteiger partial charge >= 0.3 is 12.1 Å². The molecule has 4 rings (SSSR count). The van der Waals surface area contributed by atoms with E-state index in [9.17, 15) is 19.5 Å². The van der Waals surface area contributed by atoms with E-state index in [0.29, 0.717) is 23.7 Å². The highest BCUT2D eigenvalue weighted by Crippen LogP contribution is 2.17. The number of ether oxygens (including phenoxy) is 2. The third-order valence-electron chi connectivity index (χ3n) is 6.44. The van der Waals surface area contributed by atoms with Gasteiger partial charge < -0.3 is 25.2 Å². The van der Waals surface area contributed by atoms with E-state index in [1.807, 2.05) is 91.0 Å². The molecule has 0 unspecified atom stereocenters. The van der Waals surface area contributed by atoms with Crippen molar-refractivity contribution in [1.82, 2.24) is 10.6 Å². The average Bonchev–Trinajstić information content (AvgIpc) is 3.04. The summed E-state index contributed by atoms with van der Waals surface area (Å²) in [5.41, 5.74) is 3.62. The van der Waals surface area contributed by atoms with Crippen LogP contribution in [-0.4, -0.2) is 40.9 Å². The van der Waals surface area contributed by atoms with E-state index in [1.54, 1.807) is 24.3 Å². The minimum atomic E-state index is -1.20. The second kappa shape index (κ2) is 16.6. The molecule has 4 aromatic carbocycles. The number of hydrogen-bond donors (Lipinski definition) is 3. The predicted octanol–water partition coefficient (Wildman–Crippen LogP) is 5.61. The first-order chi connectivity index (χ1) is 21.0. The summed E-state index contributed by atoms with van der Waals surface area (Å²) in [5.74, 6) is -0.294. The van der Waals surface area contributed by atoms with Gasteiger partial charge in [-0.1, -0.05) is 103 Å². The third-order valence-corrected chi connectivity index (χ3v) is 7.55. The van der Waals surface area contributed by atoms with Crippen LogP contribution in [0.25, 0.3) is 0 Å². The molecule has 0 saturated heterocycles. The van der Waals surface area contributed by atoms with E-state index in [4.69, 9.17) is 9.47 Å². The van der Waals surface area contributed by atoms with Gasteiger partial charge in [-0.05, 0) is 34.4 Å². The van der Waals surface area contributed by atoms with Crippen LogP contribution in [0.2, 0.25) is 0 Å². The summed E-state index contributed by atoms with van der Waals surface area (Å²) in [4.78, 5) is 38.0. The molecule has 0 spiro atoms. The van der Waals surface area contributed by atoms with Crippen LogP contribution in [0.1, 0.15) is 22.3 Å². The highest BCUT2D eigenvalue weighted by atomic mass is 32.2. The van der Waals surface area contributed by atoms with Crippen LogP contribution >= 0.6 is 11.8 Å². The number of alkyl carbamates (subject to hydrolysis) is 1. The Kier molecular flexibility index (Phi) is 12.1. The molecule has 222 valence electrons. The topological polar surface area (TPSA) is 114 Å². The fourth-order valence-electron chi connectivity index (χ4n) is 4.13. The molecule has 9 heteroatoms. The van der Waals surface area contributed by atoms with Crippen LogP contribution in [0.15, 0.2) is 115 Å². The Hall–Kier alpha value is -4.76. The molecule has 0 aliphatic heterocycles. The number of carbonyl (C=O) groups excluding carboxylic acids is 2. The van der Waals surface area contributed by atoms with E-state index in [0.717, 1.165) is 16.7 Å². The molecule has 43 heavy (non-hydrogen) atoms. The minimum Gasteiger partial charge on any atom is -0.489 e. The van der Waals surface area contributed by atoms with Crippen molar-refractivity contribution >= 4 is 29.7 Å². The number of carbonyl (C=O) groups is 3. The van der Waals surface area contributed by atoms with Gasteiger partial charge in [0.05, 0.1) is 0 Å². The first-order valence-electron chi connectivity index (χ1n) is 13.8. The van der Waals surface area contributed by atoms with Crippen molar-refractivity contribution in [2.24, 2.45) is 0 Å². The van der Waals surface area contributed by atoms with Crippen LogP contribution < -0.4 is 15.4 Å². The van der Waals surface area contributed by atoms with Gasteiger partial charge in [-0.2, -0.15) is 11.8 Å². The number of rotatable bonds is 15. The Bertz CT molecular complexity index is 1440. The van der Waals surface area contributed by atoms with Crippen molar-refractivity contribution in [3.05, 3.63) is 138 Å². The van der Waals surface area contributed by atoms with Crippen molar-refractivity contribution in [2.75, 3.05) is 5.75 Å². The van der Waals surface area contributed by atoms with Gasteiger partial charge in [-0.25, -0.2) is 9.59 Å². The molecule has 8 nitrogen and oxygen atoms in total. The summed E-state index contributed by atoms with van der Waals surface area (Å²) in [6.45, 7) is 0.458. The molecule has 0 radical (unpaired) electrons. The van der Waals surface area contributed by atoms with E-state index >= 15 is 0 Å². The van der Waals surface area contributed by atoms with Crippen molar-refractivity contribution in [2.45, 2.75) is 37.5 Å². The normalized spacial score (nSPS) is 12.0. The van der Waals surface area contributed by atoms with E-state index in [1.165, 1.54) is 11.8 Å². The second-order valence-corrected chi connectivity index (χ2v) is 10.8. The minimum absolute atomic E-state index is 0.0426. The first kappa shape index (κ1) is 31.2. The van der Waals surface area contributed by atoms with E-state index in [2.05, 4.69) is 10.6 Å². The number of amides is 2. The zero-order chi connectivity index (χ0) is 30.3. The summed E-state index contributed by atoms with van der Waals surface area (Å²) >= 11 is 1.45. The smallest absolute Gasteiger partial charge is 0.408 e. The lowest BCUT2D eigenvalue weighted by atomic mass is 10.1. The molecule has 0 saturated carbocycles. The summed E-state index contributed by atoms with van der Waals surface area (Å²) in [6, 6.07) is 33.6. The predicted molar refractivity (Wildman–Crippen MR) is 167 cm³/mol. The number of hydrogen-bond acceptors (Lipinski definition) is 6. The standard InChI is InChI=1S/C34H34N2O6S/c37-32(35-30(33(38)39)20-25-16-18-29(19-17-25)41-21-26-10-4-1-5-11-26)31(24-43-23-28-14-8-3-9-15-28)36-34(40)42-22-27-12-6-2-7-13-27/h1-19,30-31H,20-24H2,(H,35,37)(H,36,40)(H,38,39)/t30-,31-/m0/s1. The number of carboxylic acid groups (broad SMARTS) is 1. The zero-order valence-electron chi connectivity index (χ0n) is 23.6. The zero-order valence-corrected chi connectivity index (χ0v) is 24.4. The van der Waals surface area contributed by atoms with Gasteiger partial charge in [0.1, 0.15) is 31.0 Å². The molecule has 0 bridgehead atoms. The molecule has 2 atom stereocenters. The van der Waals surface area contributed by atoms with Gasteiger partial charge in [0.25, 0.3) is 0 Å². The Labute approximate surface area is 255 Å². The highest BCUT2D eigenvalue weighted by molar-refractivity contribution is 7.98. The van der Waals surface area contributed by atoms with Gasteiger partial charge in [-0.15, -0.1) is 0 Å². The van der Waals surface area contributed by atoms with Crippen LogP contribution in [-0.2, 0) is 39.7 Å². The maximum absolute atomic E-state index is 13.3. The second-order valence-electron chi connectivity index (χ2n) is 9.78. The molecule has 0 heterocycles. The van der Waals surface area contributed by atoms with E-state index in [-0.39, 0.29) is 18.8 Å². The molecule has 0 aliphatic rings. The lowest BCUT2D eigenvalue weighted by Crippen LogP contribution is -2.53. The molecule has 0 fully saturated rings. The van der Waals surface area contributed by atoms with Gasteiger partial charge in [0, 0.05) is 17.9 Å². The quantitative estimate of drug-likeness (QED) is 0.163. The molecule has 3 N–H and O–H groups in total. The molecular weight excluding hydrogens is 564 g/mol. The van der Waals surface area contributed by atoms with Crippen molar-refractivity contribution in [1.29, 1.82) is 0 Å². The molecular formula is C34H34N2O6S. The number of aliphatic carboxylic acids is 1. The maximum atomic E-state index is 13.3. The van der Waals surface area contributed by atoms with Crippen molar-refractivity contribution in [3.8, 4) is 5.75 Å². The monoisotopic (exact) mass is 598 g/mol. The molecule has 0 aliphatic carbocycles. The summed E-state index contributed by atoms with van der Waals surface area (Å²) < 4.78 is 11.1. The largest absolute Gasteiger partial charge is 0.489 e. The van der Waals surface area contributed by atoms with E-state index < -0.39 is 30.1 Å². The van der Waals surface area contributed by atoms with Crippen LogP contribution in [0, 0.1) is 0 Å². The lowest BCUT2D eigenvalue weighted by Gasteiger charge is -2.21. The Morgan fingerprint density at radius 3 is 1.79 bits per heavy atom. The number of carboxylic acids is 1. The molecule has 0 aromatic heterocycles. The van der Waals surface area contributed by atoms with Crippen molar-refractivity contribution in [3.63, 3.8) is 0 Å². The van der Waals surface area contributed by atoms with Gasteiger partial charge in [-0.3, -0.25) is 4.79 Å². The maximum Gasteiger partial charge on any atom is 0.408 e. The van der Waals surface area contributed by atoms with Crippen LogP contribution in [0.4, 0.5) is 4.79 Å². The Morgan fingerprint density at radius 1 is 0.651 bits per heavy atom. The summed E-state index contributed by atoms with van der Waals surface area (Å²) in [6.07, 6.45) is -0.704. The first-order valence-corrected chi connectivity index (χ1v) is 15.0. The molecule has 2 amide bonds. The number of benzene rings is 4. The summed E-state index contributed by atoms with van der Waals surface area (Å²) in [7, 11) is 0. The summed E-state index contributed by atoms with van der Waals surface area (Å²) in [5, 5.41) is 15.1. The molecule has 4 aromatic rings. The van der Waals surface area contributed by atoms with Crippen LogP contribution in [0.5, 0.6) is 5.75 Å². The fraction of sp³-hybridized carbons (Fsp3) is 0.206. The lowest BCUT2D eigenvalue weighted by molar-refractivity contribution is -0.142. The number of thioether (sulfide) groups is 1. The Morgan fingerprint density at radius 2 is 1.21 bits per heavy atom. The Balaban J connectivity index is 1.35. The van der Waals surface area contributed by atoms with Crippen molar-refractivity contribution < 1.29 is 29.0 Å². The van der Waals surface area contributed by atoms with Crippen LogP contribution in [0.3, 0.4) is 0 Å². The average molecular weight is 599 g/mol. The number of nitrogens with one attached hydrogen (secondary N) is 2. The van der Waals surface area contributed by atoms with Gasteiger partial charge in [0.2, 0.25) is 5.91 Å². The van der Waals surface area contributed by atoms with Gasteiger partial charge in [0.15, 0.2) is 0 Å². The highest BCUT2D eigenvalue weighted by Gasteiger charge is 2.27. The fourth-order valence-corrected chi connectivity index (χ4v) is 5.15.